The molecule has 0 radical (unpaired) electrons. The normalized spacial score (nSPS) is 23.5. The van der Waals surface area contributed by atoms with Crippen molar-refractivity contribution >= 4 is 11.9 Å². The van der Waals surface area contributed by atoms with E-state index in [0.717, 1.165) is 13.1 Å². The van der Waals surface area contributed by atoms with Crippen molar-refractivity contribution in [3.05, 3.63) is 0 Å². The number of piperazine rings is 1. The molecule has 0 aromatic carbocycles. The molecular formula is C13H25N3O3. The molecule has 110 valence electrons. The number of nitrogens with one attached hydrogen (secondary N) is 2. The van der Waals surface area contributed by atoms with E-state index in [2.05, 4.69) is 15.5 Å². The summed E-state index contributed by atoms with van der Waals surface area (Å²) in [5.41, 5.74) is 0. The van der Waals surface area contributed by atoms with Crippen LogP contribution in [0.3, 0.4) is 0 Å². The number of hydrogen-bond donors (Lipinski definition) is 2. The van der Waals surface area contributed by atoms with Gasteiger partial charge in [-0.25, -0.2) is 0 Å². The van der Waals surface area contributed by atoms with E-state index in [9.17, 15) is 9.59 Å². The van der Waals surface area contributed by atoms with Crippen LogP contribution in [0.15, 0.2) is 0 Å². The quantitative estimate of drug-likeness (QED) is 0.666. The number of likely N-dealkylation sites (N-methyl/N-ethyl adjacent to an activating group) is 1. The van der Waals surface area contributed by atoms with Crippen molar-refractivity contribution in [1.29, 1.82) is 0 Å². The Labute approximate surface area is 114 Å². The molecule has 6 nitrogen and oxygen atoms in total. The van der Waals surface area contributed by atoms with E-state index in [1.807, 2.05) is 20.8 Å². The molecule has 1 amide bonds. The van der Waals surface area contributed by atoms with E-state index in [0.29, 0.717) is 13.1 Å². The maximum atomic E-state index is 12.1. The van der Waals surface area contributed by atoms with Crippen molar-refractivity contribution < 1.29 is 14.3 Å². The molecule has 6 heteroatoms. The molecule has 19 heavy (non-hydrogen) atoms. The number of rotatable bonds is 5. The highest BCUT2D eigenvalue weighted by atomic mass is 16.5. The van der Waals surface area contributed by atoms with E-state index in [1.165, 1.54) is 7.11 Å². The molecule has 1 saturated heterocycles. The molecule has 0 aliphatic carbocycles. The number of nitrogens with zero attached hydrogens (tertiary/aromatic N) is 1. The Kier molecular flexibility index (Phi) is 6.24. The van der Waals surface area contributed by atoms with Crippen molar-refractivity contribution in [3.63, 3.8) is 0 Å². The van der Waals surface area contributed by atoms with Crippen LogP contribution in [0.25, 0.3) is 0 Å². The first-order chi connectivity index (χ1) is 9.02. The molecule has 1 rings (SSSR count). The lowest BCUT2D eigenvalue weighted by molar-refractivity contribution is -0.148. The van der Waals surface area contributed by atoms with Gasteiger partial charge in [-0.1, -0.05) is 6.92 Å². The zero-order valence-corrected chi connectivity index (χ0v) is 12.2. The van der Waals surface area contributed by atoms with Gasteiger partial charge in [-0.2, -0.15) is 0 Å². The van der Waals surface area contributed by atoms with Gasteiger partial charge in [-0.15, -0.1) is 0 Å². The molecular weight excluding hydrogens is 246 g/mol. The van der Waals surface area contributed by atoms with Crippen LogP contribution in [-0.4, -0.2) is 62.1 Å². The van der Waals surface area contributed by atoms with Crippen LogP contribution in [0.5, 0.6) is 0 Å². The first kappa shape index (κ1) is 15.9. The Morgan fingerprint density at radius 2 is 2.16 bits per heavy atom. The lowest BCUT2D eigenvalue weighted by atomic mass is 9.99. The highest BCUT2D eigenvalue weighted by Gasteiger charge is 2.35. The summed E-state index contributed by atoms with van der Waals surface area (Å²) in [6, 6.07) is -0.252. The predicted octanol–water partition coefficient (Wildman–Crippen LogP) is -0.406. The van der Waals surface area contributed by atoms with E-state index < -0.39 is 0 Å². The van der Waals surface area contributed by atoms with Gasteiger partial charge in [-0.05, 0) is 13.8 Å². The van der Waals surface area contributed by atoms with Crippen LogP contribution in [0.2, 0.25) is 0 Å². The molecule has 2 N–H and O–H groups in total. The standard InChI is InChI=1S/C13H25N3O3/c1-5-15-12(17)11-8-14-6-7-16(11)10(3)9(2)13(18)19-4/h9-11,14H,5-8H2,1-4H3,(H,15,17). The largest absolute Gasteiger partial charge is 0.469 e. The summed E-state index contributed by atoms with van der Waals surface area (Å²) in [5, 5.41) is 6.07. The van der Waals surface area contributed by atoms with Gasteiger partial charge in [0.15, 0.2) is 0 Å². The maximum Gasteiger partial charge on any atom is 0.309 e. The Hall–Kier alpha value is -1.14. The van der Waals surface area contributed by atoms with Crippen LogP contribution in [0.1, 0.15) is 20.8 Å². The fraction of sp³-hybridized carbons (Fsp3) is 0.846. The van der Waals surface area contributed by atoms with Gasteiger partial charge >= 0.3 is 5.97 Å². The van der Waals surface area contributed by atoms with Crippen LogP contribution in [0.4, 0.5) is 0 Å². The van der Waals surface area contributed by atoms with Crippen LogP contribution in [-0.2, 0) is 14.3 Å². The van der Waals surface area contributed by atoms with Crippen molar-refractivity contribution in [2.45, 2.75) is 32.9 Å². The summed E-state index contributed by atoms with van der Waals surface area (Å²) in [6.45, 7) is 8.53. The topological polar surface area (TPSA) is 70.7 Å². The highest BCUT2D eigenvalue weighted by molar-refractivity contribution is 5.82. The smallest absolute Gasteiger partial charge is 0.309 e. The van der Waals surface area contributed by atoms with Gasteiger partial charge in [0.2, 0.25) is 5.91 Å². The number of amides is 1. The molecule has 0 spiro atoms. The molecule has 0 aromatic heterocycles. The lowest BCUT2D eigenvalue weighted by Crippen LogP contribution is -2.61. The molecule has 3 unspecified atom stereocenters. The summed E-state index contributed by atoms with van der Waals surface area (Å²) in [7, 11) is 1.39. The Morgan fingerprint density at radius 1 is 1.47 bits per heavy atom. The zero-order valence-electron chi connectivity index (χ0n) is 12.2. The van der Waals surface area contributed by atoms with E-state index >= 15 is 0 Å². The number of carbonyl (C=O) groups is 2. The Balaban J connectivity index is 2.75. The second kappa shape index (κ2) is 7.45. The number of methoxy groups -OCH3 is 1. The first-order valence-electron chi connectivity index (χ1n) is 6.84. The molecule has 1 fully saturated rings. The fourth-order valence-corrected chi connectivity index (χ4v) is 2.41. The van der Waals surface area contributed by atoms with Gasteiger partial charge in [-0.3, -0.25) is 14.5 Å². The molecule has 1 aliphatic rings. The third-order valence-electron chi connectivity index (χ3n) is 3.76. The zero-order chi connectivity index (χ0) is 14.4. The summed E-state index contributed by atoms with van der Waals surface area (Å²) in [5.74, 6) is -0.473. The van der Waals surface area contributed by atoms with Gasteiger partial charge in [0.1, 0.15) is 6.04 Å². The second-order valence-corrected chi connectivity index (χ2v) is 4.90. The molecule has 0 bridgehead atoms. The minimum absolute atomic E-state index is 0.0126. The highest BCUT2D eigenvalue weighted by Crippen LogP contribution is 2.17. The van der Waals surface area contributed by atoms with Gasteiger partial charge < -0.3 is 15.4 Å². The Bertz CT molecular complexity index is 322. The van der Waals surface area contributed by atoms with E-state index in [4.69, 9.17) is 4.74 Å². The van der Waals surface area contributed by atoms with Crippen molar-refractivity contribution in [3.8, 4) is 0 Å². The average Bonchev–Trinajstić information content (AvgIpc) is 2.45. The molecule has 3 atom stereocenters. The summed E-state index contributed by atoms with van der Waals surface area (Å²) in [6.07, 6.45) is 0. The number of esters is 1. The minimum Gasteiger partial charge on any atom is -0.469 e. The molecule has 0 aromatic rings. The Morgan fingerprint density at radius 3 is 2.74 bits per heavy atom. The molecule has 1 aliphatic heterocycles. The third-order valence-corrected chi connectivity index (χ3v) is 3.76. The minimum atomic E-state index is -0.250. The molecule has 1 heterocycles. The van der Waals surface area contributed by atoms with Gasteiger partial charge in [0.05, 0.1) is 13.0 Å². The van der Waals surface area contributed by atoms with Crippen molar-refractivity contribution in [2.24, 2.45) is 5.92 Å². The predicted molar refractivity (Wildman–Crippen MR) is 72.7 cm³/mol. The SMILES string of the molecule is CCNC(=O)C1CNCCN1C(C)C(C)C(=O)OC. The number of hydrogen-bond acceptors (Lipinski definition) is 5. The lowest BCUT2D eigenvalue weighted by Gasteiger charge is -2.40. The van der Waals surface area contributed by atoms with Crippen LogP contribution < -0.4 is 10.6 Å². The fourth-order valence-electron chi connectivity index (χ4n) is 2.41. The average molecular weight is 271 g/mol. The van der Waals surface area contributed by atoms with Crippen molar-refractivity contribution in [2.75, 3.05) is 33.3 Å². The molecule has 0 saturated carbocycles. The number of ether oxygens (including phenoxy) is 1. The van der Waals surface area contributed by atoms with Crippen LogP contribution in [0, 0.1) is 5.92 Å². The van der Waals surface area contributed by atoms with Crippen molar-refractivity contribution in [1.82, 2.24) is 15.5 Å². The van der Waals surface area contributed by atoms with E-state index in [1.54, 1.807) is 0 Å². The monoisotopic (exact) mass is 271 g/mol. The third kappa shape index (κ3) is 3.91. The van der Waals surface area contributed by atoms with Crippen LogP contribution >= 0.6 is 0 Å². The summed E-state index contributed by atoms with van der Waals surface area (Å²) < 4.78 is 4.79. The summed E-state index contributed by atoms with van der Waals surface area (Å²) >= 11 is 0. The first-order valence-corrected chi connectivity index (χ1v) is 6.84. The van der Waals surface area contributed by atoms with Gasteiger partial charge in [0, 0.05) is 32.2 Å². The summed E-state index contributed by atoms with van der Waals surface area (Å²) in [4.78, 5) is 25.8. The second-order valence-electron chi connectivity index (χ2n) is 4.90. The number of carbonyl (C=O) groups excluding carboxylic acids is 2. The van der Waals surface area contributed by atoms with Gasteiger partial charge in [0.25, 0.3) is 0 Å². The van der Waals surface area contributed by atoms with E-state index in [-0.39, 0.29) is 29.9 Å². The maximum absolute atomic E-state index is 12.1.